The quantitative estimate of drug-likeness (QED) is 0.334. The van der Waals surface area contributed by atoms with Gasteiger partial charge < -0.3 is 20.9 Å². The zero-order chi connectivity index (χ0) is 24.4. The molecule has 4 aromatic rings. The molecule has 0 aliphatic rings. The summed E-state index contributed by atoms with van der Waals surface area (Å²) in [6, 6.07) is 12.4. The summed E-state index contributed by atoms with van der Waals surface area (Å²) < 4.78 is 1.87. The highest BCUT2D eigenvalue weighted by Crippen LogP contribution is 2.32. The molecule has 0 saturated carbocycles. The smallest absolute Gasteiger partial charge is 0.319 e. The normalized spacial score (nSPS) is 11.1. The fraction of sp³-hybridized carbons (Fsp3) is 0.200. The van der Waals surface area contributed by atoms with Crippen LogP contribution in [-0.4, -0.2) is 26.3 Å². The minimum Gasteiger partial charge on any atom is -0.383 e. The Hall–Kier alpha value is -3.91. The van der Waals surface area contributed by atoms with Gasteiger partial charge in [0.2, 0.25) is 0 Å². The van der Waals surface area contributed by atoms with E-state index in [-0.39, 0.29) is 28.2 Å². The Labute approximate surface area is 202 Å². The van der Waals surface area contributed by atoms with Gasteiger partial charge in [0.15, 0.2) is 5.78 Å². The highest BCUT2D eigenvalue weighted by Gasteiger charge is 2.24. The van der Waals surface area contributed by atoms with E-state index < -0.39 is 6.03 Å². The lowest BCUT2D eigenvalue weighted by molar-refractivity contribution is 0.104. The first kappa shape index (κ1) is 23.3. The van der Waals surface area contributed by atoms with Gasteiger partial charge in [-0.25, -0.2) is 14.8 Å². The highest BCUT2D eigenvalue weighted by atomic mass is 35.5. The topological polar surface area (TPSA) is 115 Å². The number of urea groups is 1. The molecule has 0 fully saturated rings. The third kappa shape index (κ3) is 4.58. The lowest BCUT2D eigenvalue weighted by atomic mass is 10.0. The maximum atomic E-state index is 13.5. The number of aromatic nitrogens is 3. The molecule has 34 heavy (non-hydrogen) atoms. The number of hydrogen-bond acceptors (Lipinski definition) is 5. The van der Waals surface area contributed by atoms with Crippen molar-refractivity contribution in [2.24, 2.45) is 0 Å². The summed E-state index contributed by atoms with van der Waals surface area (Å²) in [6.07, 6.45) is 3.09. The Morgan fingerprint density at radius 1 is 1.12 bits per heavy atom. The van der Waals surface area contributed by atoms with Gasteiger partial charge in [0, 0.05) is 24.3 Å². The van der Waals surface area contributed by atoms with Crippen molar-refractivity contribution in [3.63, 3.8) is 0 Å². The molecule has 0 radical (unpaired) electrons. The number of amides is 2. The van der Waals surface area contributed by atoms with Crippen molar-refractivity contribution in [3.05, 3.63) is 82.3 Å². The Morgan fingerprint density at radius 3 is 2.62 bits per heavy atom. The van der Waals surface area contributed by atoms with Gasteiger partial charge in [-0.15, -0.1) is 0 Å². The number of fused-ring (bicyclic) bond motifs is 1. The summed E-state index contributed by atoms with van der Waals surface area (Å²) in [4.78, 5) is 34.3. The van der Waals surface area contributed by atoms with Crippen LogP contribution in [-0.2, 0) is 6.54 Å². The largest absolute Gasteiger partial charge is 0.383 e. The fourth-order valence-corrected chi connectivity index (χ4v) is 4.05. The van der Waals surface area contributed by atoms with Gasteiger partial charge in [0.25, 0.3) is 0 Å². The molecule has 0 aliphatic carbocycles. The maximum absolute atomic E-state index is 13.5. The van der Waals surface area contributed by atoms with Gasteiger partial charge in [0.1, 0.15) is 17.8 Å². The molecule has 174 valence electrons. The second-order valence-corrected chi connectivity index (χ2v) is 8.67. The van der Waals surface area contributed by atoms with E-state index in [2.05, 4.69) is 20.6 Å². The zero-order valence-electron chi connectivity index (χ0n) is 19.1. The number of carbonyl (C=O) groups is 2. The molecular weight excluding hydrogens is 452 g/mol. The van der Waals surface area contributed by atoms with Crippen LogP contribution < -0.4 is 16.4 Å². The standard InChI is InChI=1S/C25H25ClN6O2/c1-14(2)32-12-18(20-23(27)29-13-30-24(20)32)22(33)17-8-5-9-19(21(17)26)31-25(34)28-11-16-7-4-6-15(3)10-16/h4-10,12-14H,11H2,1-3H3,(H2,27,29,30)(H2,28,31,34). The molecule has 2 heterocycles. The minimum absolute atomic E-state index is 0.0546. The molecule has 0 atom stereocenters. The molecule has 0 unspecified atom stereocenters. The number of hydrogen-bond donors (Lipinski definition) is 3. The van der Waals surface area contributed by atoms with E-state index >= 15 is 0 Å². The third-order valence-electron chi connectivity index (χ3n) is 5.47. The second-order valence-electron chi connectivity index (χ2n) is 8.29. The molecule has 4 rings (SSSR count). The van der Waals surface area contributed by atoms with Crippen LogP contribution in [0.25, 0.3) is 11.0 Å². The van der Waals surface area contributed by atoms with Crippen LogP contribution in [0.1, 0.15) is 46.9 Å². The number of benzene rings is 2. The van der Waals surface area contributed by atoms with Crippen molar-refractivity contribution in [3.8, 4) is 0 Å². The van der Waals surface area contributed by atoms with Crippen LogP contribution in [0, 0.1) is 6.92 Å². The van der Waals surface area contributed by atoms with Gasteiger partial charge in [0.05, 0.1) is 21.7 Å². The van der Waals surface area contributed by atoms with Crippen molar-refractivity contribution >= 4 is 46.0 Å². The van der Waals surface area contributed by atoms with E-state index in [9.17, 15) is 9.59 Å². The SMILES string of the molecule is Cc1cccc(CNC(=O)Nc2cccc(C(=O)c3cn(C(C)C)c4ncnc(N)c34)c2Cl)c1. The van der Waals surface area contributed by atoms with Crippen LogP contribution in [0.2, 0.25) is 5.02 Å². The number of aryl methyl sites for hydroxylation is 1. The molecule has 2 aromatic carbocycles. The molecule has 9 heteroatoms. The van der Waals surface area contributed by atoms with Crippen molar-refractivity contribution in [2.45, 2.75) is 33.4 Å². The third-order valence-corrected chi connectivity index (χ3v) is 5.87. The monoisotopic (exact) mass is 476 g/mol. The van der Waals surface area contributed by atoms with E-state index in [1.165, 1.54) is 6.33 Å². The van der Waals surface area contributed by atoms with Crippen LogP contribution in [0.5, 0.6) is 0 Å². The molecule has 8 nitrogen and oxygen atoms in total. The van der Waals surface area contributed by atoms with Crippen LogP contribution >= 0.6 is 11.6 Å². The number of carbonyl (C=O) groups excluding carboxylic acids is 2. The van der Waals surface area contributed by atoms with Gasteiger partial charge in [-0.2, -0.15) is 0 Å². The first-order chi connectivity index (χ1) is 16.3. The van der Waals surface area contributed by atoms with Crippen LogP contribution in [0.4, 0.5) is 16.3 Å². The summed E-state index contributed by atoms with van der Waals surface area (Å²) >= 11 is 6.56. The lowest BCUT2D eigenvalue weighted by Gasteiger charge is -2.12. The lowest BCUT2D eigenvalue weighted by Crippen LogP contribution is -2.28. The van der Waals surface area contributed by atoms with Crippen molar-refractivity contribution in [1.82, 2.24) is 19.9 Å². The van der Waals surface area contributed by atoms with Crippen molar-refractivity contribution in [1.29, 1.82) is 0 Å². The zero-order valence-corrected chi connectivity index (χ0v) is 19.8. The summed E-state index contributed by atoms with van der Waals surface area (Å²) in [6.45, 7) is 6.32. The van der Waals surface area contributed by atoms with Crippen molar-refractivity contribution in [2.75, 3.05) is 11.1 Å². The summed E-state index contributed by atoms with van der Waals surface area (Å²) in [5.74, 6) is -0.117. The Kier molecular flexibility index (Phi) is 6.51. The van der Waals surface area contributed by atoms with Gasteiger partial charge in [-0.05, 0) is 38.5 Å². The second kappa shape index (κ2) is 9.52. The molecular formula is C25H25ClN6O2. The van der Waals surface area contributed by atoms with Gasteiger partial charge in [-0.3, -0.25) is 4.79 Å². The maximum Gasteiger partial charge on any atom is 0.319 e. The molecule has 0 aliphatic heterocycles. The highest BCUT2D eigenvalue weighted by molar-refractivity contribution is 6.38. The Bertz CT molecular complexity index is 1400. The fourth-order valence-electron chi connectivity index (χ4n) is 3.79. The minimum atomic E-state index is -0.429. The summed E-state index contributed by atoms with van der Waals surface area (Å²) in [5.41, 5.74) is 9.68. The Balaban J connectivity index is 1.60. The number of nitrogen functional groups attached to an aromatic ring is 1. The van der Waals surface area contributed by atoms with E-state index in [1.807, 2.05) is 49.6 Å². The summed E-state index contributed by atoms with van der Waals surface area (Å²) in [7, 11) is 0. The van der Waals surface area contributed by atoms with E-state index in [1.54, 1.807) is 24.4 Å². The Morgan fingerprint density at radius 2 is 1.88 bits per heavy atom. The predicted octanol–water partition coefficient (Wildman–Crippen LogP) is 5.11. The first-order valence-electron chi connectivity index (χ1n) is 10.8. The predicted molar refractivity (Wildman–Crippen MR) is 134 cm³/mol. The number of ketones is 1. The van der Waals surface area contributed by atoms with Crippen molar-refractivity contribution < 1.29 is 9.59 Å². The van der Waals surface area contributed by atoms with E-state index in [0.29, 0.717) is 28.8 Å². The van der Waals surface area contributed by atoms with E-state index in [0.717, 1.165) is 11.1 Å². The van der Waals surface area contributed by atoms with E-state index in [4.69, 9.17) is 17.3 Å². The van der Waals surface area contributed by atoms with Gasteiger partial charge >= 0.3 is 6.03 Å². The molecule has 0 spiro atoms. The van der Waals surface area contributed by atoms with Crippen LogP contribution in [0.15, 0.2) is 55.0 Å². The molecule has 0 bridgehead atoms. The molecule has 2 amide bonds. The number of nitrogens with zero attached hydrogens (tertiary/aromatic N) is 3. The average Bonchev–Trinajstić information content (AvgIpc) is 3.20. The average molecular weight is 477 g/mol. The number of halogens is 1. The first-order valence-corrected chi connectivity index (χ1v) is 11.2. The van der Waals surface area contributed by atoms with Crippen LogP contribution in [0.3, 0.4) is 0 Å². The van der Waals surface area contributed by atoms with Gasteiger partial charge in [-0.1, -0.05) is 47.5 Å². The number of rotatable bonds is 6. The molecule has 4 N–H and O–H groups in total. The molecule has 0 saturated heterocycles. The summed E-state index contributed by atoms with van der Waals surface area (Å²) in [5, 5.41) is 6.14. The number of anilines is 2. The number of nitrogens with two attached hydrogens (primary N) is 1. The number of nitrogens with one attached hydrogen (secondary N) is 2. The molecule has 2 aromatic heterocycles.